The van der Waals surface area contributed by atoms with Crippen LogP contribution in [-0.4, -0.2) is 36.3 Å². The molecule has 1 atom stereocenters. The van der Waals surface area contributed by atoms with Gasteiger partial charge < -0.3 is 10.4 Å². The molecule has 0 spiro atoms. The zero-order chi connectivity index (χ0) is 9.23. The Kier molecular flexibility index (Phi) is 9.57. The van der Waals surface area contributed by atoms with Gasteiger partial charge in [-0.3, -0.25) is 0 Å². The normalized spacial score (nSPS) is 13.2. The fourth-order valence-corrected chi connectivity index (χ4v) is 1.75. The molecule has 0 aromatic rings. The number of aliphatic hydroxyl groups excluding tert-OH is 1. The first-order chi connectivity index (χ1) is 5.81. The highest BCUT2D eigenvalue weighted by molar-refractivity contribution is 7.99. The number of hydrogen-bond donors (Lipinski definition) is 2. The van der Waals surface area contributed by atoms with Crippen molar-refractivity contribution in [2.45, 2.75) is 20.3 Å². The van der Waals surface area contributed by atoms with E-state index in [0.29, 0.717) is 12.5 Å². The van der Waals surface area contributed by atoms with Gasteiger partial charge in [-0.1, -0.05) is 13.8 Å². The molecule has 0 aliphatic carbocycles. The van der Waals surface area contributed by atoms with E-state index >= 15 is 0 Å². The van der Waals surface area contributed by atoms with Crippen LogP contribution in [0.2, 0.25) is 0 Å². The Morgan fingerprint density at radius 1 is 1.42 bits per heavy atom. The first-order valence-electron chi connectivity index (χ1n) is 4.70. The van der Waals surface area contributed by atoms with Gasteiger partial charge >= 0.3 is 0 Å². The van der Waals surface area contributed by atoms with E-state index in [0.717, 1.165) is 24.6 Å². The minimum absolute atomic E-state index is 0.315. The molecular formula is C9H21NOS. The van der Waals surface area contributed by atoms with Crippen molar-refractivity contribution in [3.63, 3.8) is 0 Å². The van der Waals surface area contributed by atoms with Crippen molar-refractivity contribution in [3.8, 4) is 0 Å². The number of aliphatic hydroxyl groups is 1. The maximum atomic E-state index is 8.75. The molecule has 0 heterocycles. The minimum Gasteiger partial charge on any atom is -0.396 e. The van der Waals surface area contributed by atoms with Crippen LogP contribution in [0.15, 0.2) is 0 Å². The molecule has 2 N–H and O–H groups in total. The van der Waals surface area contributed by atoms with E-state index in [2.05, 4.69) is 19.2 Å². The molecular weight excluding hydrogens is 170 g/mol. The van der Waals surface area contributed by atoms with E-state index in [4.69, 9.17) is 5.11 Å². The zero-order valence-electron chi connectivity index (χ0n) is 8.18. The highest BCUT2D eigenvalue weighted by Gasteiger charge is 1.98. The molecule has 2 nitrogen and oxygen atoms in total. The summed E-state index contributed by atoms with van der Waals surface area (Å²) in [6.45, 7) is 6.78. The van der Waals surface area contributed by atoms with Crippen LogP contribution in [0, 0.1) is 5.92 Å². The van der Waals surface area contributed by atoms with Crippen molar-refractivity contribution in [2.75, 3.05) is 31.2 Å². The molecule has 3 heteroatoms. The average Bonchev–Trinajstić information content (AvgIpc) is 2.10. The van der Waals surface area contributed by atoms with Gasteiger partial charge in [0.05, 0.1) is 0 Å². The van der Waals surface area contributed by atoms with Gasteiger partial charge in [0.25, 0.3) is 0 Å². The number of rotatable bonds is 8. The van der Waals surface area contributed by atoms with Crippen LogP contribution >= 0.6 is 11.8 Å². The van der Waals surface area contributed by atoms with Gasteiger partial charge in [-0.15, -0.1) is 0 Å². The lowest BCUT2D eigenvalue weighted by Gasteiger charge is -2.07. The van der Waals surface area contributed by atoms with Crippen LogP contribution in [0.4, 0.5) is 0 Å². The second kappa shape index (κ2) is 9.36. The Morgan fingerprint density at radius 3 is 2.75 bits per heavy atom. The van der Waals surface area contributed by atoms with Crippen LogP contribution in [0.25, 0.3) is 0 Å². The molecule has 0 aliphatic rings. The molecule has 12 heavy (non-hydrogen) atoms. The lowest BCUT2D eigenvalue weighted by Crippen LogP contribution is -2.18. The summed E-state index contributed by atoms with van der Waals surface area (Å²) < 4.78 is 0. The summed E-state index contributed by atoms with van der Waals surface area (Å²) in [5.41, 5.74) is 0. The molecule has 0 amide bonds. The molecule has 0 aromatic heterocycles. The van der Waals surface area contributed by atoms with Crippen LogP contribution in [0.1, 0.15) is 20.3 Å². The third-order valence-corrected chi connectivity index (χ3v) is 2.86. The Hall–Kier alpha value is 0.270. The van der Waals surface area contributed by atoms with Gasteiger partial charge in [0.2, 0.25) is 0 Å². The van der Waals surface area contributed by atoms with E-state index in [1.165, 1.54) is 6.42 Å². The van der Waals surface area contributed by atoms with E-state index < -0.39 is 0 Å². The van der Waals surface area contributed by atoms with Gasteiger partial charge in [0, 0.05) is 18.9 Å². The number of nitrogens with one attached hydrogen (secondary N) is 1. The predicted octanol–water partition coefficient (Wildman–Crippen LogP) is 1.35. The average molecular weight is 191 g/mol. The molecule has 0 saturated carbocycles. The maximum absolute atomic E-state index is 8.75. The molecule has 0 rings (SSSR count). The standard InChI is InChI=1S/C9H21NOS/c1-3-4-10-5-6-12-8-9(2)7-11/h9-11H,3-8H2,1-2H3. The fraction of sp³-hybridized carbons (Fsp3) is 1.00. The van der Waals surface area contributed by atoms with Crippen molar-refractivity contribution in [3.05, 3.63) is 0 Å². The predicted molar refractivity (Wildman–Crippen MR) is 56.7 cm³/mol. The Labute approximate surface area is 80.1 Å². The largest absolute Gasteiger partial charge is 0.396 e. The summed E-state index contributed by atoms with van der Waals surface area (Å²) in [6.07, 6.45) is 1.21. The molecule has 0 bridgehead atoms. The quantitative estimate of drug-likeness (QED) is 0.568. The summed E-state index contributed by atoms with van der Waals surface area (Å²) in [5, 5.41) is 12.1. The van der Waals surface area contributed by atoms with E-state index in [9.17, 15) is 0 Å². The summed E-state index contributed by atoms with van der Waals surface area (Å²) in [7, 11) is 0. The van der Waals surface area contributed by atoms with Crippen LogP contribution < -0.4 is 5.32 Å². The highest BCUT2D eigenvalue weighted by Crippen LogP contribution is 2.06. The fourth-order valence-electron chi connectivity index (χ4n) is 0.783. The molecule has 0 fully saturated rings. The third kappa shape index (κ3) is 8.37. The Balaban J connectivity index is 2.90. The van der Waals surface area contributed by atoms with E-state index in [-0.39, 0.29) is 0 Å². The Morgan fingerprint density at radius 2 is 2.17 bits per heavy atom. The van der Waals surface area contributed by atoms with Crippen LogP contribution in [0.3, 0.4) is 0 Å². The maximum Gasteiger partial charge on any atom is 0.0464 e. The van der Waals surface area contributed by atoms with Crippen molar-refractivity contribution in [1.82, 2.24) is 5.32 Å². The summed E-state index contributed by atoms with van der Waals surface area (Å²) in [5.74, 6) is 2.68. The number of thioether (sulfide) groups is 1. The van der Waals surface area contributed by atoms with Crippen molar-refractivity contribution < 1.29 is 5.11 Å². The van der Waals surface area contributed by atoms with Crippen LogP contribution in [-0.2, 0) is 0 Å². The van der Waals surface area contributed by atoms with E-state index in [1.54, 1.807) is 0 Å². The smallest absolute Gasteiger partial charge is 0.0464 e. The van der Waals surface area contributed by atoms with Gasteiger partial charge in [0.1, 0.15) is 0 Å². The molecule has 0 aliphatic heterocycles. The molecule has 0 radical (unpaired) electrons. The summed E-state index contributed by atoms with van der Waals surface area (Å²) >= 11 is 1.91. The highest BCUT2D eigenvalue weighted by atomic mass is 32.2. The molecule has 0 saturated heterocycles. The first kappa shape index (κ1) is 12.3. The van der Waals surface area contributed by atoms with Crippen molar-refractivity contribution >= 4 is 11.8 Å². The van der Waals surface area contributed by atoms with Crippen molar-refractivity contribution in [1.29, 1.82) is 0 Å². The van der Waals surface area contributed by atoms with Gasteiger partial charge in [-0.05, 0) is 24.6 Å². The zero-order valence-corrected chi connectivity index (χ0v) is 8.99. The second-order valence-electron chi connectivity index (χ2n) is 3.11. The number of hydrogen-bond acceptors (Lipinski definition) is 3. The second-order valence-corrected chi connectivity index (χ2v) is 4.26. The SMILES string of the molecule is CCCNCCSCC(C)CO. The lowest BCUT2D eigenvalue weighted by molar-refractivity contribution is 0.250. The monoisotopic (exact) mass is 191 g/mol. The summed E-state index contributed by atoms with van der Waals surface area (Å²) in [4.78, 5) is 0. The Bertz CT molecular complexity index is 90.6. The van der Waals surface area contributed by atoms with Gasteiger partial charge in [0.15, 0.2) is 0 Å². The first-order valence-corrected chi connectivity index (χ1v) is 5.86. The minimum atomic E-state index is 0.315. The summed E-state index contributed by atoms with van der Waals surface area (Å²) in [6, 6.07) is 0. The topological polar surface area (TPSA) is 32.3 Å². The van der Waals surface area contributed by atoms with Crippen LogP contribution in [0.5, 0.6) is 0 Å². The van der Waals surface area contributed by atoms with Gasteiger partial charge in [-0.25, -0.2) is 0 Å². The van der Waals surface area contributed by atoms with Crippen molar-refractivity contribution in [2.24, 2.45) is 5.92 Å². The molecule has 0 aromatic carbocycles. The lowest BCUT2D eigenvalue weighted by atomic mass is 10.2. The third-order valence-electron chi connectivity index (χ3n) is 1.56. The molecule has 1 unspecified atom stereocenters. The van der Waals surface area contributed by atoms with Gasteiger partial charge in [-0.2, -0.15) is 11.8 Å². The molecule has 74 valence electrons. The van der Waals surface area contributed by atoms with E-state index in [1.807, 2.05) is 11.8 Å².